The molecule has 0 saturated heterocycles. The van der Waals surface area contributed by atoms with Crippen LogP contribution in [0.4, 0.5) is 24.9 Å². The first-order chi connectivity index (χ1) is 9.42. The Balaban J connectivity index is 3.10. The lowest BCUT2D eigenvalue weighted by Crippen LogP contribution is -2.17. The molecule has 0 fully saturated rings. The lowest BCUT2D eigenvalue weighted by atomic mass is 10.3. The first kappa shape index (κ1) is 15.7. The van der Waals surface area contributed by atoms with Crippen LogP contribution in [0.15, 0.2) is 23.5 Å². The largest absolute Gasteiger partial charge is 0.421 e. The fraction of sp³-hybridized carbons (Fsp3) is 0.364. The van der Waals surface area contributed by atoms with Gasteiger partial charge in [-0.2, -0.15) is 18.2 Å². The van der Waals surface area contributed by atoms with Gasteiger partial charge in [0.15, 0.2) is 0 Å². The number of rotatable bonds is 4. The number of amidine groups is 1. The Morgan fingerprint density at radius 1 is 1.50 bits per heavy atom. The van der Waals surface area contributed by atoms with E-state index < -0.39 is 11.7 Å². The molecule has 6 nitrogen and oxygen atoms in total. The van der Waals surface area contributed by atoms with Gasteiger partial charge in [-0.05, 0) is 19.2 Å². The molecule has 0 unspecified atom stereocenters. The molecule has 0 aromatic carbocycles. The summed E-state index contributed by atoms with van der Waals surface area (Å²) in [6.07, 6.45) is -1.12. The maximum absolute atomic E-state index is 12.8. The zero-order valence-electron chi connectivity index (χ0n) is 11.0. The Kier molecular flexibility index (Phi) is 5.30. The number of hydrogen-bond acceptors (Lipinski definition) is 5. The van der Waals surface area contributed by atoms with Crippen LogP contribution in [0.1, 0.15) is 12.5 Å². The monoisotopic (exact) mass is 288 g/mol. The molecular formula is C11H15F3N6. The molecule has 1 aromatic rings. The van der Waals surface area contributed by atoms with Crippen LogP contribution in [-0.2, 0) is 6.18 Å². The number of aromatic nitrogens is 2. The Hall–Kier alpha value is -2.32. The molecule has 110 valence electrons. The van der Waals surface area contributed by atoms with Crippen molar-refractivity contribution in [2.75, 3.05) is 24.2 Å². The Bertz CT molecular complexity index is 509. The van der Waals surface area contributed by atoms with Gasteiger partial charge in [0.1, 0.15) is 17.2 Å². The molecular weight excluding hydrogens is 273 g/mol. The summed E-state index contributed by atoms with van der Waals surface area (Å²) in [5.41, 5.74) is 4.29. The summed E-state index contributed by atoms with van der Waals surface area (Å²) >= 11 is 0. The van der Waals surface area contributed by atoms with E-state index in [-0.39, 0.29) is 11.8 Å². The van der Waals surface area contributed by atoms with Gasteiger partial charge in [0.05, 0.1) is 0 Å². The normalized spacial score (nSPS) is 12.8. The lowest BCUT2D eigenvalue weighted by Gasteiger charge is -2.13. The van der Waals surface area contributed by atoms with Gasteiger partial charge in [0.25, 0.3) is 0 Å². The topological polar surface area (TPSA) is 88.2 Å². The fourth-order valence-electron chi connectivity index (χ4n) is 1.33. The molecule has 1 rings (SSSR count). The highest BCUT2D eigenvalue weighted by atomic mass is 19.4. The van der Waals surface area contributed by atoms with E-state index in [0.717, 1.165) is 0 Å². The molecule has 1 heterocycles. The summed E-state index contributed by atoms with van der Waals surface area (Å²) in [6.45, 7) is 1.97. The average molecular weight is 288 g/mol. The second kappa shape index (κ2) is 6.73. The number of halogens is 3. The van der Waals surface area contributed by atoms with Gasteiger partial charge in [-0.15, -0.1) is 0 Å². The number of aliphatic imine (C=N–C) groups is 1. The lowest BCUT2D eigenvalue weighted by molar-refractivity contribution is -0.137. The summed E-state index contributed by atoms with van der Waals surface area (Å²) in [7, 11) is 1.50. The molecule has 1 aromatic heterocycles. The number of alkyl halides is 3. The van der Waals surface area contributed by atoms with Gasteiger partial charge >= 0.3 is 6.18 Å². The predicted octanol–water partition coefficient (Wildman–Crippen LogP) is 1.84. The summed E-state index contributed by atoms with van der Waals surface area (Å²) < 4.78 is 38.3. The molecule has 0 aliphatic carbocycles. The highest BCUT2D eigenvalue weighted by molar-refractivity contribution is 6.02. The number of nitrogens with one attached hydrogen (secondary N) is 2. The summed E-state index contributed by atoms with van der Waals surface area (Å²) in [5.74, 6) is 0.0343. The van der Waals surface area contributed by atoms with Gasteiger partial charge in [-0.3, -0.25) is 4.99 Å². The van der Waals surface area contributed by atoms with E-state index in [1.807, 2.05) is 0 Å². The third-order valence-corrected chi connectivity index (χ3v) is 2.17. The molecule has 4 N–H and O–H groups in total. The second-order valence-corrected chi connectivity index (χ2v) is 3.58. The van der Waals surface area contributed by atoms with Crippen LogP contribution in [0.2, 0.25) is 0 Å². The van der Waals surface area contributed by atoms with Gasteiger partial charge in [-0.25, -0.2) is 4.98 Å². The van der Waals surface area contributed by atoms with Crippen LogP contribution in [0, 0.1) is 0 Å². The molecule has 0 aliphatic rings. The number of nitrogens with zero attached hydrogens (tertiary/aromatic N) is 3. The Morgan fingerprint density at radius 2 is 2.20 bits per heavy atom. The first-order valence-corrected chi connectivity index (χ1v) is 5.72. The molecule has 0 aliphatic heterocycles. The van der Waals surface area contributed by atoms with E-state index in [4.69, 9.17) is 5.73 Å². The molecule has 0 spiro atoms. The van der Waals surface area contributed by atoms with Crippen molar-refractivity contribution in [2.24, 2.45) is 10.7 Å². The minimum Gasteiger partial charge on any atom is -0.404 e. The maximum Gasteiger partial charge on any atom is 0.421 e. The predicted molar refractivity (Wildman–Crippen MR) is 71.5 cm³/mol. The fourth-order valence-corrected chi connectivity index (χ4v) is 1.33. The molecule has 0 bridgehead atoms. The van der Waals surface area contributed by atoms with Crippen molar-refractivity contribution in [2.45, 2.75) is 13.1 Å². The quantitative estimate of drug-likeness (QED) is 0.581. The van der Waals surface area contributed by atoms with E-state index >= 15 is 0 Å². The average Bonchev–Trinajstić information content (AvgIpc) is 2.37. The summed E-state index contributed by atoms with van der Waals surface area (Å²) in [5, 5.41) is 5.21. The van der Waals surface area contributed by atoms with Crippen LogP contribution in [0.5, 0.6) is 0 Å². The van der Waals surface area contributed by atoms with Crippen molar-refractivity contribution in [1.82, 2.24) is 9.97 Å². The van der Waals surface area contributed by atoms with Gasteiger partial charge < -0.3 is 16.4 Å². The second-order valence-electron chi connectivity index (χ2n) is 3.58. The van der Waals surface area contributed by atoms with Crippen molar-refractivity contribution < 1.29 is 13.2 Å². The minimum atomic E-state index is -4.52. The zero-order valence-corrected chi connectivity index (χ0v) is 11.0. The van der Waals surface area contributed by atoms with Crippen LogP contribution in [0.25, 0.3) is 0 Å². The molecule has 0 radical (unpaired) electrons. The summed E-state index contributed by atoms with van der Waals surface area (Å²) in [6, 6.07) is 0. The number of hydrogen-bond donors (Lipinski definition) is 3. The SMILES string of the molecule is CCNc1nc(NC(C=CN)=NC)ncc1C(F)(F)F. The molecule has 0 atom stereocenters. The third-order valence-electron chi connectivity index (χ3n) is 2.17. The van der Waals surface area contributed by atoms with Gasteiger partial charge in [0.2, 0.25) is 5.95 Å². The van der Waals surface area contributed by atoms with Crippen LogP contribution in [-0.4, -0.2) is 29.4 Å². The summed E-state index contributed by atoms with van der Waals surface area (Å²) in [4.78, 5) is 11.2. The molecule has 0 saturated carbocycles. The van der Waals surface area contributed by atoms with Crippen molar-refractivity contribution in [3.05, 3.63) is 24.0 Å². The van der Waals surface area contributed by atoms with Gasteiger partial charge in [-0.1, -0.05) is 0 Å². The Morgan fingerprint density at radius 3 is 2.70 bits per heavy atom. The molecule has 0 amide bonds. The smallest absolute Gasteiger partial charge is 0.404 e. The number of anilines is 2. The molecule has 9 heteroatoms. The zero-order chi connectivity index (χ0) is 15.2. The van der Waals surface area contributed by atoms with Crippen LogP contribution >= 0.6 is 0 Å². The van der Waals surface area contributed by atoms with Crippen molar-refractivity contribution in [3.8, 4) is 0 Å². The number of nitrogens with two attached hydrogens (primary N) is 1. The van der Waals surface area contributed by atoms with Crippen molar-refractivity contribution >= 4 is 17.6 Å². The molecule has 20 heavy (non-hydrogen) atoms. The van der Waals surface area contributed by atoms with E-state index in [2.05, 4.69) is 25.6 Å². The minimum absolute atomic E-state index is 0.00681. The van der Waals surface area contributed by atoms with E-state index in [1.165, 1.54) is 19.3 Å². The maximum atomic E-state index is 12.8. The van der Waals surface area contributed by atoms with Crippen LogP contribution < -0.4 is 16.4 Å². The third kappa shape index (κ3) is 4.11. The standard InChI is InChI=1S/C11H15F3N6/c1-3-17-9-7(11(12,13)14)6-18-10(20-9)19-8(16-2)4-5-15/h4-6H,3,15H2,1-2H3,(H2,16,17,18,19,20). The van der Waals surface area contributed by atoms with Crippen LogP contribution in [0.3, 0.4) is 0 Å². The van der Waals surface area contributed by atoms with E-state index in [9.17, 15) is 13.2 Å². The van der Waals surface area contributed by atoms with Crippen molar-refractivity contribution in [1.29, 1.82) is 0 Å². The van der Waals surface area contributed by atoms with E-state index in [1.54, 1.807) is 6.92 Å². The highest BCUT2D eigenvalue weighted by Gasteiger charge is 2.35. The van der Waals surface area contributed by atoms with Crippen molar-refractivity contribution in [3.63, 3.8) is 0 Å². The highest BCUT2D eigenvalue weighted by Crippen LogP contribution is 2.33. The first-order valence-electron chi connectivity index (χ1n) is 5.72. The van der Waals surface area contributed by atoms with E-state index in [0.29, 0.717) is 18.6 Å². The van der Waals surface area contributed by atoms with Gasteiger partial charge in [0, 0.05) is 19.8 Å². The Labute approximate surface area is 114 Å².